The fraction of sp³-hybridized carbons (Fsp3) is 0.368. The number of hydrogen-bond donors (Lipinski definition) is 1. The van der Waals surface area contributed by atoms with Gasteiger partial charge in [-0.05, 0) is 66.7 Å². The predicted octanol–water partition coefficient (Wildman–Crippen LogP) is 2.21. The van der Waals surface area contributed by atoms with Crippen LogP contribution in [0, 0.1) is 0 Å². The number of carbonyl (C=O) groups excluding carboxylic acids is 1. The molecule has 1 atom stereocenters. The molecule has 1 aliphatic heterocycles. The van der Waals surface area contributed by atoms with Crippen molar-refractivity contribution in [3.63, 3.8) is 0 Å². The lowest BCUT2D eigenvalue weighted by Crippen LogP contribution is -2.40. The van der Waals surface area contributed by atoms with Gasteiger partial charge in [0.15, 0.2) is 0 Å². The Balaban J connectivity index is 1.46. The SMILES string of the molecule is O=C(NCC(c1ccco1)N1CCCCC1)c1cccc(-n2cnnn2)c1. The summed E-state index contributed by atoms with van der Waals surface area (Å²) in [5.41, 5.74) is 1.31. The summed E-state index contributed by atoms with van der Waals surface area (Å²) in [6.45, 7) is 2.55. The third kappa shape index (κ3) is 4.06. The number of benzene rings is 1. The molecule has 0 spiro atoms. The number of carbonyl (C=O) groups is 1. The summed E-state index contributed by atoms with van der Waals surface area (Å²) in [4.78, 5) is 15.1. The smallest absolute Gasteiger partial charge is 0.251 e. The number of amides is 1. The Kier molecular flexibility index (Phi) is 5.24. The maximum atomic E-state index is 12.7. The molecule has 4 rings (SSSR count). The molecule has 0 bridgehead atoms. The van der Waals surface area contributed by atoms with Crippen molar-refractivity contribution in [2.24, 2.45) is 0 Å². The molecule has 1 aromatic carbocycles. The van der Waals surface area contributed by atoms with Crippen molar-refractivity contribution in [1.29, 1.82) is 0 Å². The van der Waals surface area contributed by atoms with Crippen LogP contribution in [0.3, 0.4) is 0 Å². The summed E-state index contributed by atoms with van der Waals surface area (Å²) in [6.07, 6.45) is 6.81. The van der Waals surface area contributed by atoms with Crippen molar-refractivity contribution in [2.45, 2.75) is 25.3 Å². The normalized spacial score (nSPS) is 16.1. The molecule has 3 aromatic rings. The molecule has 1 saturated heterocycles. The molecule has 1 amide bonds. The van der Waals surface area contributed by atoms with E-state index in [9.17, 15) is 4.79 Å². The highest BCUT2D eigenvalue weighted by Crippen LogP contribution is 2.24. The molecular weight excluding hydrogens is 344 g/mol. The van der Waals surface area contributed by atoms with Crippen LogP contribution in [-0.4, -0.2) is 50.6 Å². The molecule has 8 nitrogen and oxygen atoms in total. The van der Waals surface area contributed by atoms with E-state index in [0.717, 1.165) is 24.5 Å². The van der Waals surface area contributed by atoms with Crippen LogP contribution in [0.25, 0.3) is 5.69 Å². The summed E-state index contributed by atoms with van der Waals surface area (Å²) < 4.78 is 7.16. The number of tetrazole rings is 1. The molecule has 8 heteroatoms. The number of nitrogens with zero attached hydrogens (tertiary/aromatic N) is 5. The first-order valence-corrected chi connectivity index (χ1v) is 9.20. The minimum absolute atomic E-state index is 0.0481. The fourth-order valence-corrected chi connectivity index (χ4v) is 3.48. The van der Waals surface area contributed by atoms with E-state index in [4.69, 9.17) is 4.42 Å². The van der Waals surface area contributed by atoms with E-state index in [-0.39, 0.29) is 11.9 Å². The van der Waals surface area contributed by atoms with Crippen molar-refractivity contribution in [3.8, 4) is 5.69 Å². The highest BCUT2D eigenvalue weighted by Gasteiger charge is 2.25. The number of aromatic nitrogens is 4. The van der Waals surface area contributed by atoms with Crippen LogP contribution in [0.2, 0.25) is 0 Å². The van der Waals surface area contributed by atoms with Gasteiger partial charge in [0.2, 0.25) is 0 Å². The Morgan fingerprint density at radius 3 is 2.81 bits per heavy atom. The second kappa shape index (κ2) is 8.13. The lowest BCUT2D eigenvalue weighted by atomic mass is 10.1. The van der Waals surface area contributed by atoms with Gasteiger partial charge in [-0.1, -0.05) is 12.5 Å². The van der Waals surface area contributed by atoms with Gasteiger partial charge in [0.1, 0.15) is 12.1 Å². The van der Waals surface area contributed by atoms with Crippen molar-refractivity contribution in [1.82, 2.24) is 30.4 Å². The Morgan fingerprint density at radius 2 is 2.07 bits per heavy atom. The van der Waals surface area contributed by atoms with Gasteiger partial charge in [0.25, 0.3) is 5.91 Å². The Bertz CT molecular complexity index is 856. The average Bonchev–Trinajstić information content (AvgIpc) is 3.43. The van der Waals surface area contributed by atoms with E-state index in [1.807, 2.05) is 24.3 Å². The van der Waals surface area contributed by atoms with Crippen LogP contribution < -0.4 is 5.32 Å². The summed E-state index contributed by atoms with van der Waals surface area (Å²) in [7, 11) is 0. The van der Waals surface area contributed by atoms with Crippen molar-refractivity contribution in [3.05, 3.63) is 60.3 Å². The molecule has 1 aliphatic rings. The average molecular weight is 366 g/mol. The molecule has 1 fully saturated rings. The minimum atomic E-state index is -0.126. The minimum Gasteiger partial charge on any atom is -0.468 e. The first kappa shape index (κ1) is 17.4. The highest BCUT2D eigenvalue weighted by atomic mass is 16.3. The molecule has 0 radical (unpaired) electrons. The molecule has 1 unspecified atom stereocenters. The van der Waals surface area contributed by atoms with E-state index in [1.54, 1.807) is 18.4 Å². The highest BCUT2D eigenvalue weighted by molar-refractivity contribution is 5.94. The number of nitrogens with one attached hydrogen (secondary N) is 1. The largest absolute Gasteiger partial charge is 0.468 e. The molecule has 0 saturated carbocycles. The predicted molar refractivity (Wildman–Crippen MR) is 98.4 cm³/mol. The van der Waals surface area contributed by atoms with E-state index in [1.165, 1.54) is 30.3 Å². The van der Waals surface area contributed by atoms with Gasteiger partial charge in [-0.3, -0.25) is 9.69 Å². The van der Waals surface area contributed by atoms with Gasteiger partial charge in [-0.25, -0.2) is 4.68 Å². The third-order valence-electron chi connectivity index (χ3n) is 4.88. The summed E-state index contributed by atoms with van der Waals surface area (Å²) in [5, 5.41) is 14.2. The van der Waals surface area contributed by atoms with Gasteiger partial charge in [-0.15, -0.1) is 5.10 Å². The number of rotatable bonds is 6. The van der Waals surface area contributed by atoms with Gasteiger partial charge >= 0.3 is 0 Å². The maximum absolute atomic E-state index is 12.7. The van der Waals surface area contributed by atoms with Gasteiger partial charge in [-0.2, -0.15) is 0 Å². The standard InChI is InChI=1S/C19H22N6O2/c26-19(15-6-4-7-16(12-15)25-14-21-22-23-25)20-13-17(18-8-5-11-27-18)24-9-2-1-3-10-24/h4-8,11-12,14,17H,1-3,9-10,13H2,(H,20,26). The second-order valence-corrected chi connectivity index (χ2v) is 6.64. The quantitative estimate of drug-likeness (QED) is 0.719. The van der Waals surface area contributed by atoms with Crippen LogP contribution >= 0.6 is 0 Å². The summed E-state index contributed by atoms with van der Waals surface area (Å²) >= 11 is 0. The van der Waals surface area contributed by atoms with E-state index in [0.29, 0.717) is 12.1 Å². The van der Waals surface area contributed by atoms with Crippen LogP contribution in [0.5, 0.6) is 0 Å². The van der Waals surface area contributed by atoms with Crippen LogP contribution in [0.15, 0.2) is 53.4 Å². The van der Waals surface area contributed by atoms with E-state index in [2.05, 4.69) is 25.7 Å². The van der Waals surface area contributed by atoms with Gasteiger partial charge < -0.3 is 9.73 Å². The van der Waals surface area contributed by atoms with E-state index < -0.39 is 0 Å². The summed E-state index contributed by atoms with van der Waals surface area (Å²) in [5.74, 6) is 0.762. The zero-order chi connectivity index (χ0) is 18.5. The van der Waals surface area contributed by atoms with Crippen LogP contribution in [-0.2, 0) is 0 Å². The number of furan rings is 1. The first-order valence-electron chi connectivity index (χ1n) is 9.20. The Labute approximate surface area is 157 Å². The monoisotopic (exact) mass is 366 g/mol. The zero-order valence-corrected chi connectivity index (χ0v) is 15.0. The molecule has 2 aromatic heterocycles. The van der Waals surface area contributed by atoms with Crippen molar-refractivity contribution >= 4 is 5.91 Å². The van der Waals surface area contributed by atoms with Gasteiger partial charge in [0.05, 0.1) is 18.0 Å². The fourth-order valence-electron chi connectivity index (χ4n) is 3.48. The van der Waals surface area contributed by atoms with Crippen molar-refractivity contribution < 1.29 is 9.21 Å². The molecule has 140 valence electrons. The molecule has 1 N–H and O–H groups in total. The lowest BCUT2D eigenvalue weighted by Gasteiger charge is -2.33. The lowest BCUT2D eigenvalue weighted by molar-refractivity contribution is 0.0914. The summed E-state index contributed by atoms with van der Waals surface area (Å²) in [6, 6.07) is 11.1. The second-order valence-electron chi connectivity index (χ2n) is 6.64. The van der Waals surface area contributed by atoms with Crippen LogP contribution in [0.4, 0.5) is 0 Å². The van der Waals surface area contributed by atoms with Crippen LogP contribution in [0.1, 0.15) is 41.4 Å². The van der Waals surface area contributed by atoms with Crippen molar-refractivity contribution in [2.75, 3.05) is 19.6 Å². The molecule has 27 heavy (non-hydrogen) atoms. The number of hydrogen-bond acceptors (Lipinski definition) is 6. The maximum Gasteiger partial charge on any atom is 0.251 e. The Morgan fingerprint density at radius 1 is 1.19 bits per heavy atom. The molecule has 3 heterocycles. The number of likely N-dealkylation sites (tertiary alicyclic amines) is 1. The molecular formula is C19H22N6O2. The van der Waals surface area contributed by atoms with Gasteiger partial charge in [0, 0.05) is 12.1 Å². The van der Waals surface area contributed by atoms with E-state index >= 15 is 0 Å². The number of piperidine rings is 1. The Hall–Kier alpha value is -3.00. The topological polar surface area (TPSA) is 89.1 Å². The first-order chi connectivity index (χ1) is 13.3. The third-order valence-corrected chi connectivity index (χ3v) is 4.88. The zero-order valence-electron chi connectivity index (χ0n) is 15.0. The molecule has 0 aliphatic carbocycles.